The molecule has 0 amide bonds. The average Bonchev–Trinajstić information content (AvgIpc) is 2.41. The molecule has 2 rings (SSSR count). The molecule has 0 fully saturated rings. The summed E-state index contributed by atoms with van der Waals surface area (Å²) >= 11 is 0. The van der Waals surface area contributed by atoms with Crippen LogP contribution in [0.15, 0.2) is 24.4 Å². The van der Waals surface area contributed by atoms with E-state index in [-0.39, 0.29) is 34.9 Å². The second-order valence-corrected chi connectivity index (χ2v) is 4.14. The van der Waals surface area contributed by atoms with Crippen LogP contribution in [0.4, 0.5) is 15.8 Å². The molecule has 1 atom stereocenters. The SMILES string of the molecule is CC(CO)Nc1c(F)cc([N+](=O)[O-])c2cccnc12. The summed E-state index contributed by atoms with van der Waals surface area (Å²) in [5, 5.41) is 22.9. The Kier molecular flexibility index (Phi) is 3.57. The van der Waals surface area contributed by atoms with Crippen molar-refractivity contribution in [2.75, 3.05) is 11.9 Å². The molecule has 2 N–H and O–H groups in total. The molecule has 0 aliphatic carbocycles. The molecule has 0 radical (unpaired) electrons. The molecule has 0 saturated heterocycles. The van der Waals surface area contributed by atoms with Crippen LogP contribution in [0, 0.1) is 15.9 Å². The first-order chi connectivity index (χ1) is 9.04. The van der Waals surface area contributed by atoms with E-state index in [0.29, 0.717) is 0 Å². The van der Waals surface area contributed by atoms with E-state index in [2.05, 4.69) is 10.3 Å². The van der Waals surface area contributed by atoms with Crippen LogP contribution in [0.1, 0.15) is 6.92 Å². The highest BCUT2D eigenvalue weighted by molar-refractivity contribution is 5.97. The van der Waals surface area contributed by atoms with Crippen molar-refractivity contribution in [2.45, 2.75) is 13.0 Å². The fraction of sp³-hybridized carbons (Fsp3) is 0.250. The van der Waals surface area contributed by atoms with Gasteiger partial charge in [0.25, 0.3) is 5.69 Å². The number of hydrogen-bond donors (Lipinski definition) is 2. The van der Waals surface area contributed by atoms with E-state index in [1.54, 1.807) is 13.0 Å². The van der Waals surface area contributed by atoms with E-state index in [9.17, 15) is 14.5 Å². The molecule has 1 heterocycles. The maximum absolute atomic E-state index is 13.9. The van der Waals surface area contributed by atoms with Gasteiger partial charge in [0.1, 0.15) is 5.52 Å². The number of rotatable bonds is 4. The number of nitro groups is 1. The molecule has 7 heteroatoms. The van der Waals surface area contributed by atoms with Crippen LogP contribution in [0.3, 0.4) is 0 Å². The van der Waals surface area contributed by atoms with Crippen molar-refractivity contribution < 1.29 is 14.4 Å². The predicted molar refractivity (Wildman–Crippen MR) is 68.5 cm³/mol. The molecule has 0 aliphatic heterocycles. The van der Waals surface area contributed by atoms with Gasteiger partial charge in [-0.25, -0.2) is 4.39 Å². The monoisotopic (exact) mass is 265 g/mol. The summed E-state index contributed by atoms with van der Waals surface area (Å²) in [4.78, 5) is 14.2. The first kappa shape index (κ1) is 13.2. The first-order valence-corrected chi connectivity index (χ1v) is 5.63. The molecule has 2 aromatic rings. The molecule has 1 unspecified atom stereocenters. The minimum atomic E-state index is -0.766. The lowest BCUT2D eigenvalue weighted by Gasteiger charge is -2.14. The number of non-ortho nitro benzene ring substituents is 1. The lowest BCUT2D eigenvalue weighted by molar-refractivity contribution is -0.383. The van der Waals surface area contributed by atoms with Gasteiger partial charge in [0.05, 0.1) is 28.7 Å². The third-order valence-electron chi connectivity index (χ3n) is 2.68. The minimum absolute atomic E-state index is 0.0581. The van der Waals surface area contributed by atoms with Crippen LogP contribution < -0.4 is 5.32 Å². The van der Waals surface area contributed by atoms with Crippen molar-refractivity contribution in [1.29, 1.82) is 0 Å². The zero-order valence-corrected chi connectivity index (χ0v) is 10.1. The number of nitro benzene ring substituents is 1. The number of hydrogen-bond acceptors (Lipinski definition) is 5. The van der Waals surface area contributed by atoms with E-state index < -0.39 is 10.7 Å². The lowest BCUT2D eigenvalue weighted by Crippen LogP contribution is -2.20. The van der Waals surface area contributed by atoms with Crippen molar-refractivity contribution in [1.82, 2.24) is 4.98 Å². The molecule has 1 aromatic heterocycles. The van der Waals surface area contributed by atoms with Crippen molar-refractivity contribution in [3.63, 3.8) is 0 Å². The summed E-state index contributed by atoms with van der Waals surface area (Å²) in [6, 6.07) is 3.53. The number of anilines is 1. The lowest BCUT2D eigenvalue weighted by atomic mass is 10.1. The quantitative estimate of drug-likeness (QED) is 0.652. The number of aliphatic hydroxyl groups is 1. The number of pyridine rings is 1. The van der Waals surface area contributed by atoms with Crippen LogP contribution in [0.5, 0.6) is 0 Å². The number of fused-ring (bicyclic) bond motifs is 1. The Morgan fingerprint density at radius 1 is 1.63 bits per heavy atom. The third-order valence-corrected chi connectivity index (χ3v) is 2.68. The fourth-order valence-corrected chi connectivity index (χ4v) is 1.77. The molecular weight excluding hydrogens is 253 g/mol. The van der Waals surface area contributed by atoms with Crippen molar-refractivity contribution in [2.24, 2.45) is 0 Å². The summed E-state index contributed by atoms with van der Waals surface area (Å²) in [7, 11) is 0. The number of aromatic nitrogens is 1. The molecule has 0 saturated carbocycles. The molecule has 0 aliphatic rings. The van der Waals surface area contributed by atoms with Gasteiger partial charge in [0.15, 0.2) is 5.82 Å². The van der Waals surface area contributed by atoms with Gasteiger partial charge in [0.2, 0.25) is 0 Å². The Bertz CT molecular complexity index is 633. The highest BCUT2D eigenvalue weighted by atomic mass is 19.1. The highest BCUT2D eigenvalue weighted by Crippen LogP contribution is 2.32. The average molecular weight is 265 g/mol. The first-order valence-electron chi connectivity index (χ1n) is 5.63. The van der Waals surface area contributed by atoms with E-state index >= 15 is 0 Å². The van der Waals surface area contributed by atoms with Gasteiger partial charge in [-0.1, -0.05) is 0 Å². The van der Waals surface area contributed by atoms with Crippen molar-refractivity contribution >= 4 is 22.3 Å². The zero-order valence-electron chi connectivity index (χ0n) is 10.1. The van der Waals surface area contributed by atoms with Crippen molar-refractivity contribution in [3.8, 4) is 0 Å². The second kappa shape index (κ2) is 5.15. The van der Waals surface area contributed by atoms with Gasteiger partial charge in [-0.3, -0.25) is 15.1 Å². The number of aliphatic hydroxyl groups excluding tert-OH is 1. The van der Waals surface area contributed by atoms with Crippen molar-refractivity contribution in [3.05, 3.63) is 40.3 Å². The smallest absolute Gasteiger partial charge is 0.281 e. The molecule has 0 spiro atoms. The Balaban J connectivity index is 2.68. The Morgan fingerprint density at radius 3 is 3.00 bits per heavy atom. The van der Waals surface area contributed by atoms with E-state index in [4.69, 9.17) is 5.11 Å². The molecule has 100 valence electrons. The number of halogens is 1. The van der Waals surface area contributed by atoms with Gasteiger partial charge in [-0.15, -0.1) is 0 Å². The van der Waals surface area contributed by atoms with E-state index in [0.717, 1.165) is 6.07 Å². The van der Waals surface area contributed by atoms with E-state index in [1.165, 1.54) is 12.3 Å². The minimum Gasteiger partial charge on any atom is -0.394 e. The molecule has 6 nitrogen and oxygen atoms in total. The zero-order chi connectivity index (χ0) is 14.0. The standard InChI is InChI=1S/C12H12FN3O3/c1-7(6-17)15-12-9(13)5-10(16(18)19)8-3-2-4-14-11(8)12/h2-5,7,15,17H,6H2,1H3. The summed E-state index contributed by atoms with van der Waals surface area (Å²) in [5.74, 6) is -0.766. The highest BCUT2D eigenvalue weighted by Gasteiger charge is 2.20. The van der Waals surface area contributed by atoms with Crippen LogP contribution in [0.25, 0.3) is 10.9 Å². The van der Waals surface area contributed by atoms with Gasteiger partial charge in [-0.2, -0.15) is 0 Å². The summed E-state index contributed by atoms with van der Waals surface area (Å²) in [6.45, 7) is 1.47. The summed E-state index contributed by atoms with van der Waals surface area (Å²) < 4.78 is 13.9. The second-order valence-electron chi connectivity index (χ2n) is 4.14. The van der Waals surface area contributed by atoms with Crippen LogP contribution >= 0.6 is 0 Å². The maximum atomic E-state index is 13.9. The van der Waals surface area contributed by atoms with E-state index in [1.807, 2.05) is 0 Å². The summed E-state index contributed by atoms with van der Waals surface area (Å²) in [6.07, 6.45) is 1.43. The van der Waals surface area contributed by atoms with Gasteiger partial charge in [-0.05, 0) is 19.1 Å². The Labute approximate surface area is 108 Å². The molecule has 0 bridgehead atoms. The molecular formula is C12H12FN3O3. The molecule has 1 aromatic carbocycles. The largest absolute Gasteiger partial charge is 0.394 e. The van der Waals surface area contributed by atoms with Gasteiger partial charge >= 0.3 is 0 Å². The maximum Gasteiger partial charge on any atom is 0.281 e. The van der Waals surface area contributed by atoms with Crippen LogP contribution in [-0.4, -0.2) is 27.7 Å². The van der Waals surface area contributed by atoms with Gasteiger partial charge in [0, 0.05) is 12.2 Å². The third kappa shape index (κ3) is 2.45. The van der Waals surface area contributed by atoms with Crippen LogP contribution in [0.2, 0.25) is 0 Å². The summed E-state index contributed by atoms with van der Waals surface area (Å²) in [5.41, 5.74) is -0.0972. The predicted octanol–water partition coefficient (Wildman–Crippen LogP) is 2.07. The van der Waals surface area contributed by atoms with Gasteiger partial charge < -0.3 is 10.4 Å². The number of nitrogens with one attached hydrogen (secondary N) is 1. The Hall–Kier alpha value is -2.28. The number of benzene rings is 1. The topological polar surface area (TPSA) is 88.3 Å². The molecule has 19 heavy (non-hydrogen) atoms. The normalized spacial score (nSPS) is 12.4. The number of nitrogens with zero attached hydrogens (tertiary/aromatic N) is 2. The van der Waals surface area contributed by atoms with Crippen LogP contribution in [-0.2, 0) is 0 Å². The fourth-order valence-electron chi connectivity index (χ4n) is 1.77. The Morgan fingerprint density at radius 2 is 2.37 bits per heavy atom.